The van der Waals surface area contributed by atoms with E-state index in [1.807, 2.05) is 13.8 Å². The summed E-state index contributed by atoms with van der Waals surface area (Å²) in [7, 11) is 0. The van der Waals surface area contributed by atoms with Crippen molar-refractivity contribution in [3.8, 4) is 0 Å². The second-order valence-corrected chi connectivity index (χ2v) is 12.6. The summed E-state index contributed by atoms with van der Waals surface area (Å²) in [6.45, 7) is 3.42. The number of hydrogen-bond donors (Lipinski definition) is 12. The van der Waals surface area contributed by atoms with Crippen LogP contribution in [-0.4, -0.2) is 103 Å². The lowest BCUT2D eigenvalue weighted by atomic mass is 10.00. The molecule has 286 valence electrons. The van der Waals surface area contributed by atoms with E-state index in [9.17, 15) is 33.9 Å². The van der Waals surface area contributed by atoms with Crippen molar-refractivity contribution >= 4 is 41.4 Å². The van der Waals surface area contributed by atoms with Gasteiger partial charge in [0.05, 0.1) is 12.6 Å². The van der Waals surface area contributed by atoms with Crippen molar-refractivity contribution in [1.29, 1.82) is 5.41 Å². The summed E-state index contributed by atoms with van der Waals surface area (Å²) in [4.78, 5) is 77.9. The molecular weight excluding hydrogens is 662 g/mol. The number of carbonyl (C=O) groups is 6. The molecule has 51 heavy (non-hydrogen) atoms. The van der Waals surface area contributed by atoms with Crippen molar-refractivity contribution in [2.75, 3.05) is 26.2 Å². The predicted molar refractivity (Wildman–Crippen MR) is 191 cm³/mol. The Morgan fingerprint density at radius 2 is 1.29 bits per heavy atom. The van der Waals surface area contributed by atoms with E-state index >= 15 is 0 Å². The first-order valence-corrected chi connectivity index (χ1v) is 17.1. The zero-order chi connectivity index (χ0) is 38.3. The van der Waals surface area contributed by atoms with Gasteiger partial charge in [0.1, 0.15) is 24.2 Å². The Hall–Kier alpha value is -4.81. The number of primary amides is 1. The van der Waals surface area contributed by atoms with Gasteiger partial charge in [-0.05, 0) is 56.6 Å². The van der Waals surface area contributed by atoms with Crippen molar-refractivity contribution < 1.29 is 33.9 Å². The van der Waals surface area contributed by atoms with Crippen LogP contribution >= 0.6 is 0 Å². The van der Waals surface area contributed by atoms with Crippen LogP contribution < -0.4 is 54.8 Å². The maximum Gasteiger partial charge on any atom is 0.243 e. The minimum atomic E-state index is -1.22. The molecule has 1 aromatic carbocycles. The molecule has 0 fully saturated rings. The third-order valence-electron chi connectivity index (χ3n) is 7.67. The SMILES string of the molecule is CC(C)C[C@H](NC(=O)[C@H](CCCNC(=N)N)NC(=O)[C@H](CCO)NC(=O)[C@@H](N)CCCCN)C(=O)N[C@@H](Cc1ccccc1)C(=O)NCC(N)=O. The van der Waals surface area contributed by atoms with Crippen LogP contribution in [0.15, 0.2) is 30.3 Å². The molecule has 0 unspecified atom stereocenters. The average molecular weight is 720 g/mol. The molecule has 16 N–H and O–H groups in total. The van der Waals surface area contributed by atoms with Crippen molar-refractivity contribution in [3.63, 3.8) is 0 Å². The zero-order valence-electron chi connectivity index (χ0n) is 29.5. The highest BCUT2D eigenvalue weighted by Crippen LogP contribution is 2.10. The van der Waals surface area contributed by atoms with E-state index in [0.29, 0.717) is 25.8 Å². The van der Waals surface area contributed by atoms with E-state index in [2.05, 4.69) is 31.9 Å². The molecule has 0 saturated carbocycles. The van der Waals surface area contributed by atoms with Crippen LogP contribution in [0.4, 0.5) is 0 Å². The summed E-state index contributed by atoms with van der Waals surface area (Å²) >= 11 is 0. The quantitative estimate of drug-likeness (QED) is 0.0273. The number of carbonyl (C=O) groups excluding carboxylic acids is 6. The number of nitrogens with two attached hydrogens (primary N) is 4. The molecule has 0 aliphatic heterocycles. The molecule has 1 rings (SSSR count). The van der Waals surface area contributed by atoms with Crippen LogP contribution in [0.1, 0.15) is 64.4 Å². The second kappa shape index (κ2) is 24.4. The topological polar surface area (TPSA) is 323 Å². The number of benzene rings is 1. The highest BCUT2D eigenvalue weighted by molar-refractivity contribution is 5.96. The lowest BCUT2D eigenvalue weighted by Crippen LogP contribution is -2.59. The van der Waals surface area contributed by atoms with Crippen LogP contribution in [0, 0.1) is 11.3 Å². The van der Waals surface area contributed by atoms with Crippen molar-refractivity contribution in [1.82, 2.24) is 31.9 Å². The van der Waals surface area contributed by atoms with Crippen molar-refractivity contribution in [2.45, 2.75) is 95.4 Å². The Labute approximate surface area is 298 Å². The Balaban J connectivity index is 3.23. The molecule has 0 radical (unpaired) electrons. The fourth-order valence-electron chi connectivity index (χ4n) is 4.99. The van der Waals surface area contributed by atoms with Crippen LogP contribution in [0.25, 0.3) is 0 Å². The van der Waals surface area contributed by atoms with Gasteiger partial charge < -0.3 is 59.9 Å². The zero-order valence-corrected chi connectivity index (χ0v) is 29.5. The fourth-order valence-corrected chi connectivity index (χ4v) is 4.99. The summed E-state index contributed by atoms with van der Waals surface area (Å²) in [6.07, 6.45) is 2.00. The number of nitrogens with one attached hydrogen (secondary N) is 7. The van der Waals surface area contributed by atoms with Gasteiger partial charge in [-0.1, -0.05) is 50.6 Å². The van der Waals surface area contributed by atoms with E-state index in [-0.39, 0.29) is 50.5 Å². The predicted octanol–water partition coefficient (Wildman–Crippen LogP) is -3.08. The van der Waals surface area contributed by atoms with Crippen molar-refractivity contribution in [3.05, 3.63) is 35.9 Å². The number of guanidine groups is 1. The lowest BCUT2D eigenvalue weighted by Gasteiger charge is -2.27. The molecule has 0 aliphatic rings. The Bertz CT molecular complexity index is 1280. The molecule has 0 heterocycles. The lowest BCUT2D eigenvalue weighted by molar-refractivity contribution is -0.135. The monoisotopic (exact) mass is 719 g/mol. The highest BCUT2D eigenvalue weighted by atomic mass is 16.3. The van der Waals surface area contributed by atoms with Gasteiger partial charge in [0.15, 0.2) is 5.96 Å². The standard InChI is InChI=1S/C33H57N11O7/c1-20(2)17-25(32(51)44-26(29(48)40-19-27(36)46)18-21-9-4-3-5-10-21)43-30(49)23(12-8-15-39-33(37)38)42-31(50)24(13-16-45)41-28(47)22(35)11-6-7-14-34/h3-5,9-10,20,22-26,45H,6-8,11-19,34-35H2,1-2H3,(H2,36,46)(H,40,48)(H,41,47)(H,42,50)(H,43,49)(H,44,51)(H4,37,38,39)/t22-,23-,24-,25-,26-/m0/s1. The third-order valence-corrected chi connectivity index (χ3v) is 7.67. The van der Waals surface area contributed by atoms with Gasteiger partial charge in [0.25, 0.3) is 0 Å². The van der Waals surface area contributed by atoms with Gasteiger partial charge in [-0.15, -0.1) is 0 Å². The summed E-state index contributed by atoms with van der Waals surface area (Å²) in [5.74, 6) is -4.57. The molecule has 0 aliphatic carbocycles. The van der Waals surface area contributed by atoms with E-state index in [1.54, 1.807) is 30.3 Å². The number of aliphatic hydroxyl groups excluding tert-OH is 1. The molecule has 18 nitrogen and oxygen atoms in total. The molecule has 0 saturated heterocycles. The van der Waals surface area contributed by atoms with Crippen LogP contribution in [0.5, 0.6) is 0 Å². The van der Waals surface area contributed by atoms with Crippen LogP contribution in [0.3, 0.4) is 0 Å². The fraction of sp³-hybridized carbons (Fsp3) is 0.606. The number of unbranched alkanes of at least 4 members (excludes halogenated alkanes) is 1. The third kappa shape index (κ3) is 18.7. The second-order valence-electron chi connectivity index (χ2n) is 12.6. The summed E-state index contributed by atoms with van der Waals surface area (Å²) in [5.41, 5.74) is 22.8. The minimum Gasteiger partial charge on any atom is -0.396 e. The first-order valence-electron chi connectivity index (χ1n) is 17.1. The van der Waals surface area contributed by atoms with Crippen molar-refractivity contribution in [2.24, 2.45) is 28.9 Å². The van der Waals surface area contributed by atoms with Gasteiger partial charge in [-0.25, -0.2) is 0 Å². The van der Waals surface area contributed by atoms with E-state index in [1.165, 1.54) is 0 Å². The normalized spacial score (nSPS) is 13.8. The van der Waals surface area contributed by atoms with Gasteiger partial charge in [0, 0.05) is 19.6 Å². The molecule has 6 amide bonds. The van der Waals surface area contributed by atoms with Gasteiger partial charge >= 0.3 is 0 Å². The number of amides is 6. The smallest absolute Gasteiger partial charge is 0.243 e. The Morgan fingerprint density at radius 3 is 1.86 bits per heavy atom. The summed E-state index contributed by atoms with van der Waals surface area (Å²) in [6, 6.07) is 3.25. The Kier molecular flexibility index (Phi) is 21.1. The van der Waals surface area contributed by atoms with E-state index in [0.717, 1.165) is 5.56 Å². The first-order chi connectivity index (χ1) is 24.2. The molecule has 0 bridgehead atoms. The first kappa shape index (κ1) is 44.2. The molecule has 18 heteroatoms. The molecule has 0 spiro atoms. The molecule has 5 atom stereocenters. The Morgan fingerprint density at radius 1 is 0.725 bits per heavy atom. The summed E-state index contributed by atoms with van der Waals surface area (Å²) < 4.78 is 0. The number of aliphatic hydroxyl groups is 1. The minimum absolute atomic E-state index is 0.0401. The molecule has 1 aromatic rings. The largest absolute Gasteiger partial charge is 0.396 e. The van der Waals surface area contributed by atoms with Gasteiger partial charge in [-0.2, -0.15) is 0 Å². The molecular formula is C33H57N11O7. The van der Waals surface area contributed by atoms with Crippen LogP contribution in [-0.2, 0) is 35.2 Å². The van der Waals surface area contributed by atoms with Crippen LogP contribution in [0.2, 0.25) is 0 Å². The van der Waals surface area contributed by atoms with E-state index < -0.39 is 78.8 Å². The summed E-state index contributed by atoms with van der Waals surface area (Å²) in [5, 5.41) is 32.6. The van der Waals surface area contributed by atoms with Gasteiger partial charge in [0.2, 0.25) is 35.4 Å². The maximum absolute atomic E-state index is 13.8. The van der Waals surface area contributed by atoms with Gasteiger partial charge in [-0.3, -0.25) is 34.2 Å². The average Bonchev–Trinajstić information content (AvgIpc) is 3.07. The maximum atomic E-state index is 13.8. The number of rotatable bonds is 25. The highest BCUT2D eigenvalue weighted by Gasteiger charge is 2.32. The molecule has 0 aromatic heterocycles. The number of hydrogen-bond acceptors (Lipinski definition) is 10. The van der Waals surface area contributed by atoms with E-state index in [4.69, 9.17) is 28.3 Å².